The van der Waals surface area contributed by atoms with Crippen LogP contribution in [0.1, 0.15) is 12.0 Å². The van der Waals surface area contributed by atoms with Gasteiger partial charge in [-0.3, -0.25) is 19.4 Å². The van der Waals surface area contributed by atoms with E-state index in [1.165, 1.54) is 35.3 Å². The fraction of sp³-hybridized carbons (Fsp3) is 0.108. The molecular weight excluding hydrogens is 534 g/mol. The van der Waals surface area contributed by atoms with Gasteiger partial charge in [-0.15, -0.1) is 0 Å². The molecule has 210 valence electrons. The minimum Gasteiger partial charge on any atom is -0.334 e. The number of imide groups is 2. The summed E-state index contributed by atoms with van der Waals surface area (Å²) < 4.78 is 0. The van der Waals surface area contributed by atoms with Crippen molar-refractivity contribution < 1.29 is 14.4 Å². The van der Waals surface area contributed by atoms with Gasteiger partial charge in [0.2, 0.25) is 0 Å². The van der Waals surface area contributed by atoms with E-state index in [2.05, 4.69) is 102 Å². The molecule has 1 unspecified atom stereocenters. The van der Waals surface area contributed by atoms with Gasteiger partial charge >= 0.3 is 6.03 Å². The smallest absolute Gasteiger partial charge is 0.333 e. The molecule has 6 nitrogen and oxygen atoms in total. The second-order valence-corrected chi connectivity index (χ2v) is 11.1. The Morgan fingerprint density at radius 2 is 1.21 bits per heavy atom. The van der Waals surface area contributed by atoms with Gasteiger partial charge in [-0.05, 0) is 80.4 Å². The van der Waals surface area contributed by atoms with Crippen molar-refractivity contribution in [2.75, 3.05) is 19.0 Å². The van der Waals surface area contributed by atoms with Crippen LogP contribution >= 0.6 is 0 Å². The van der Waals surface area contributed by atoms with E-state index in [1.807, 2.05) is 18.2 Å². The minimum atomic E-state index is -0.634. The van der Waals surface area contributed by atoms with Gasteiger partial charge in [0.15, 0.2) is 0 Å². The molecule has 0 spiro atoms. The first kappa shape index (κ1) is 26.4. The summed E-state index contributed by atoms with van der Waals surface area (Å²) in [5, 5.41) is 6.90. The van der Waals surface area contributed by atoms with E-state index in [0.717, 1.165) is 38.4 Å². The first-order chi connectivity index (χ1) is 20.9. The normalized spacial score (nSPS) is 16.7. The van der Waals surface area contributed by atoms with Gasteiger partial charge < -0.3 is 4.90 Å². The van der Waals surface area contributed by atoms with E-state index >= 15 is 0 Å². The van der Waals surface area contributed by atoms with Crippen molar-refractivity contribution in [1.29, 1.82) is 0 Å². The summed E-state index contributed by atoms with van der Waals surface area (Å²) in [6, 6.07) is 35.2. The molecule has 0 aromatic heterocycles. The number of urea groups is 1. The molecule has 2 aliphatic rings. The van der Waals surface area contributed by atoms with Crippen LogP contribution in [0.2, 0.25) is 0 Å². The standard InChI is InChI=1S/C37H29N3O3/c1-38-35(41)34(36(42)39(2)37(38)43)20-24-11-12-30-23-33(18-15-29(30)19-24)40(31-16-13-25-7-3-5-9-27(25)21-31)32-17-14-26-8-4-6-10-28(26)22-32/h3-16,18-23,32H,17H2,1-2H3. The van der Waals surface area contributed by atoms with Crippen LogP contribution in [-0.4, -0.2) is 47.8 Å². The van der Waals surface area contributed by atoms with Crippen LogP contribution in [0.25, 0.3) is 39.8 Å². The van der Waals surface area contributed by atoms with Gasteiger partial charge in [0, 0.05) is 25.5 Å². The summed E-state index contributed by atoms with van der Waals surface area (Å²) in [7, 11) is 2.76. The average molecular weight is 564 g/mol. The van der Waals surface area contributed by atoms with Crippen LogP contribution in [0.3, 0.4) is 0 Å². The van der Waals surface area contributed by atoms with Crippen LogP contribution in [0.15, 0.2) is 109 Å². The van der Waals surface area contributed by atoms with E-state index in [0.29, 0.717) is 5.56 Å². The number of barbiturate groups is 1. The zero-order valence-electron chi connectivity index (χ0n) is 23.9. The van der Waals surface area contributed by atoms with Crippen LogP contribution in [0, 0.1) is 0 Å². The minimum absolute atomic E-state index is 0.0348. The maximum atomic E-state index is 12.7. The topological polar surface area (TPSA) is 60.9 Å². The van der Waals surface area contributed by atoms with Crippen molar-refractivity contribution in [3.8, 4) is 0 Å². The Morgan fingerprint density at radius 1 is 0.651 bits per heavy atom. The first-order valence-electron chi connectivity index (χ1n) is 14.3. The van der Waals surface area contributed by atoms with Gasteiger partial charge in [-0.25, -0.2) is 4.79 Å². The van der Waals surface area contributed by atoms with E-state index < -0.39 is 17.8 Å². The first-order valence-corrected chi connectivity index (χ1v) is 14.3. The third-order valence-electron chi connectivity index (χ3n) is 8.37. The Morgan fingerprint density at radius 3 is 1.93 bits per heavy atom. The Kier molecular flexibility index (Phi) is 6.39. The molecule has 0 bridgehead atoms. The van der Waals surface area contributed by atoms with Gasteiger partial charge in [0.1, 0.15) is 5.57 Å². The maximum absolute atomic E-state index is 12.7. The van der Waals surface area contributed by atoms with E-state index in [9.17, 15) is 14.4 Å². The van der Waals surface area contributed by atoms with Gasteiger partial charge in [0.05, 0.1) is 6.04 Å². The van der Waals surface area contributed by atoms with Crippen molar-refractivity contribution >= 4 is 69.0 Å². The van der Waals surface area contributed by atoms with Gasteiger partial charge in [-0.2, -0.15) is 0 Å². The summed E-state index contributed by atoms with van der Waals surface area (Å²) in [5.74, 6) is -1.20. The van der Waals surface area contributed by atoms with E-state index in [-0.39, 0.29) is 11.6 Å². The molecule has 1 aliphatic carbocycles. The maximum Gasteiger partial charge on any atom is 0.333 e. The second kappa shape index (κ2) is 10.4. The summed E-state index contributed by atoms with van der Waals surface area (Å²) in [6.07, 6.45) is 7.09. The predicted molar refractivity (Wildman–Crippen MR) is 172 cm³/mol. The number of benzene rings is 5. The number of hydrogen-bond acceptors (Lipinski definition) is 4. The number of amides is 4. The lowest BCUT2D eigenvalue weighted by atomic mass is 9.99. The zero-order valence-corrected chi connectivity index (χ0v) is 23.9. The van der Waals surface area contributed by atoms with Crippen molar-refractivity contribution in [2.45, 2.75) is 12.5 Å². The third kappa shape index (κ3) is 4.67. The lowest BCUT2D eigenvalue weighted by Crippen LogP contribution is -2.52. The summed E-state index contributed by atoms with van der Waals surface area (Å²) in [5.41, 5.74) is 2.87. The molecule has 1 fully saturated rings. The molecule has 0 radical (unpaired) electrons. The lowest BCUT2D eigenvalue weighted by molar-refractivity contribution is -0.134. The lowest BCUT2D eigenvalue weighted by Gasteiger charge is -2.33. The molecule has 5 aromatic carbocycles. The van der Waals surface area contributed by atoms with Crippen LogP contribution in [0.4, 0.5) is 16.2 Å². The predicted octanol–water partition coefficient (Wildman–Crippen LogP) is 5.60. The highest BCUT2D eigenvalue weighted by atomic mass is 16.2. The molecule has 7 rings (SSSR count). The highest BCUT2D eigenvalue weighted by molar-refractivity contribution is 6.30. The molecule has 1 atom stereocenters. The van der Waals surface area contributed by atoms with Crippen LogP contribution in [0.5, 0.6) is 0 Å². The molecule has 1 saturated heterocycles. The molecule has 4 amide bonds. The number of rotatable bonds is 4. The van der Waals surface area contributed by atoms with Gasteiger partial charge in [-0.1, -0.05) is 84.9 Å². The number of nitrogens with zero attached hydrogens (tertiary/aromatic N) is 3. The summed E-state index contributed by atoms with van der Waals surface area (Å²) >= 11 is 0. The van der Waals surface area contributed by atoms with E-state index in [1.54, 1.807) is 6.08 Å². The summed E-state index contributed by atoms with van der Waals surface area (Å²) in [4.78, 5) is 41.8. The average Bonchev–Trinajstić information content (AvgIpc) is 3.05. The fourth-order valence-electron chi connectivity index (χ4n) is 6.04. The monoisotopic (exact) mass is 563 g/mol. The molecule has 0 saturated carbocycles. The van der Waals surface area contributed by atoms with E-state index in [4.69, 9.17) is 0 Å². The number of fused-ring (bicyclic) bond motifs is 3. The molecule has 6 heteroatoms. The van der Waals surface area contributed by atoms with Crippen molar-refractivity contribution in [3.05, 3.63) is 125 Å². The Labute approximate surface area is 249 Å². The Bertz CT molecular complexity index is 2100. The van der Waals surface area contributed by atoms with Crippen molar-refractivity contribution in [2.24, 2.45) is 0 Å². The summed E-state index contributed by atoms with van der Waals surface area (Å²) in [6.45, 7) is 0. The van der Waals surface area contributed by atoms with Crippen LogP contribution in [-0.2, 0) is 9.59 Å². The van der Waals surface area contributed by atoms with Crippen molar-refractivity contribution in [1.82, 2.24) is 9.80 Å². The molecule has 43 heavy (non-hydrogen) atoms. The molecule has 5 aromatic rings. The third-order valence-corrected chi connectivity index (χ3v) is 8.37. The second-order valence-electron chi connectivity index (χ2n) is 11.1. The number of hydrogen-bond donors (Lipinski definition) is 0. The Balaban J connectivity index is 1.30. The number of carbonyl (C=O) groups is 3. The SMILES string of the molecule is CN1C(=O)C(=Cc2ccc3cc(N(c4ccc5ccccc5c4)C4C=c5ccccc5=CC4)ccc3c2)C(=O)N(C)C1=O. The van der Waals surface area contributed by atoms with Crippen molar-refractivity contribution in [3.63, 3.8) is 0 Å². The highest BCUT2D eigenvalue weighted by Crippen LogP contribution is 2.35. The number of carbonyl (C=O) groups excluding carboxylic acids is 3. The largest absolute Gasteiger partial charge is 0.334 e. The van der Waals surface area contributed by atoms with Crippen LogP contribution < -0.4 is 15.3 Å². The molecule has 1 aliphatic heterocycles. The number of likely N-dealkylation sites (N-methyl/N-ethyl adjacent to an activating group) is 2. The zero-order chi connectivity index (χ0) is 29.7. The molecule has 0 N–H and O–H groups in total. The quantitative estimate of drug-likeness (QED) is 0.211. The van der Waals surface area contributed by atoms with Gasteiger partial charge in [0.25, 0.3) is 11.8 Å². The Hall–Kier alpha value is -5.49. The number of anilines is 2. The molecule has 1 heterocycles. The fourth-order valence-corrected chi connectivity index (χ4v) is 6.04. The highest BCUT2D eigenvalue weighted by Gasteiger charge is 2.37. The molecular formula is C37H29N3O3.